The van der Waals surface area contributed by atoms with Crippen molar-refractivity contribution in [1.82, 2.24) is 10.2 Å². The number of fused-ring (bicyclic) bond motifs is 1. The minimum atomic E-state index is -0.500. The van der Waals surface area contributed by atoms with Gasteiger partial charge in [-0.2, -0.15) is 0 Å². The summed E-state index contributed by atoms with van der Waals surface area (Å²) >= 11 is 0. The highest BCUT2D eigenvalue weighted by Gasteiger charge is 2.39. The van der Waals surface area contributed by atoms with Crippen molar-refractivity contribution in [2.45, 2.75) is 31.8 Å². The minimum absolute atomic E-state index is 0.141. The maximum Gasteiger partial charge on any atom is 0.258 e. The summed E-state index contributed by atoms with van der Waals surface area (Å²) in [6.07, 6.45) is 1.31. The summed E-state index contributed by atoms with van der Waals surface area (Å²) in [7, 11) is 0. The second kappa shape index (κ2) is 5.96. The van der Waals surface area contributed by atoms with E-state index in [0.717, 1.165) is 12.0 Å². The Balaban J connectivity index is 1.87. The number of ether oxygens (including phenoxy) is 1. The van der Waals surface area contributed by atoms with Gasteiger partial charge in [0.2, 0.25) is 5.91 Å². The Morgan fingerprint density at radius 3 is 3.05 bits per heavy atom. The van der Waals surface area contributed by atoms with Crippen LogP contribution < -0.4 is 15.8 Å². The average molecular weight is 303 g/mol. The van der Waals surface area contributed by atoms with Crippen molar-refractivity contribution in [3.05, 3.63) is 29.3 Å². The van der Waals surface area contributed by atoms with E-state index in [-0.39, 0.29) is 17.9 Å². The Morgan fingerprint density at radius 2 is 2.27 bits per heavy atom. The van der Waals surface area contributed by atoms with Gasteiger partial charge in [-0.05, 0) is 25.0 Å². The first-order valence-electron chi connectivity index (χ1n) is 7.70. The number of likely N-dealkylation sites (tertiary alicyclic amines) is 1. The second-order valence-electron chi connectivity index (χ2n) is 5.76. The first kappa shape index (κ1) is 14.8. The van der Waals surface area contributed by atoms with Gasteiger partial charge in [-0.25, -0.2) is 0 Å². The number of carbonyl (C=O) groups is 2. The summed E-state index contributed by atoms with van der Waals surface area (Å²) in [5.74, 6) is 0.336. The van der Waals surface area contributed by atoms with Crippen LogP contribution in [0.1, 0.15) is 29.3 Å². The molecule has 0 radical (unpaired) electrons. The van der Waals surface area contributed by atoms with Crippen molar-refractivity contribution >= 4 is 11.8 Å². The van der Waals surface area contributed by atoms with Crippen LogP contribution in [-0.4, -0.2) is 48.5 Å². The van der Waals surface area contributed by atoms with E-state index < -0.39 is 6.04 Å². The Labute approximate surface area is 129 Å². The van der Waals surface area contributed by atoms with Crippen molar-refractivity contribution in [3.8, 4) is 5.75 Å². The second-order valence-corrected chi connectivity index (χ2v) is 5.76. The van der Waals surface area contributed by atoms with Crippen LogP contribution in [0, 0.1) is 0 Å². The van der Waals surface area contributed by atoms with Gasteiger partial charge in [0.15, 0.2) is 0 Å². The van der Waals surface area contributed by atoms with Crippen LogP contribution >= 0.6 is 0 Å². The number of nitrogens with zero attached hydrogens (tertiary/aromatic N) is 1. The van der Waals surface area contributed by atoms with Crippen molar-refractivity contribution in [2.24, 2.45) is 5.73 Å². The van der Waals surface area contributed by atoms with Crippen LogP contribution in [0.15, 0.2) is 18.2 Å². The third-order valence-electron chi connectivity index (χ3n) is 4.19. The molecule has 22 heavy (non-hydrogen) atoms. The lowest BCUT2D eigenvalue weighted by atomic mass is 10.1. The van der Waals surface area contributed by atoms with Crippen LogP contribution in [0.2, 0.25) is 0 Å². The van der Waals surface area contributed by atoms with Gasteiger partial charge in [0.1, 0.15) is 11.8 Å². The van der Waals surface area contributed by atoms with Crippen molar-refractivity contribution in [2.75, 3.05) is 19.7 Å². The predicted octanol–water partition coefficient (Wildman–Crippen LogP) is 0.299. The Hall–Kier alpha value is -2.08. The monoisotopic (exact) mass is 303 g/mol. The summed E-state index contributed by atoms with van der Waals surface area (Å²) in [6.45, 7) is 3.39. The quantitative estimate of drug-likeness (QED) is 0.841. The van der Waals surface area contributed by atoms with E-state index in [1.807, 2.05) is 19.1 Å². The molecule has 2 atom stereocenters. The van der Waals surface area contributed by atoms with E-state index in [1.54, 1.807) is 11.0 Å². The van der Waals surface area contributed by atoms with Crippen molar-refractivity contribution in [3.63, 3.8) is 0 Å². The Bertz CT molecular complexity index is 602. The number of hydrogen-bond donors (Lipinski definition) is 2. The molecule has 0 aliphatic carbocycles. The molecule has 6 nitrogen and oxygen atoms in total. The molecule has 1 fully saturated rings. The lowest BCUT2D eigenvalue weighted by Crippen LogP contribution is -2.46. The van der Waals surface area contributed by atoms with Gasteiger partial charge in [0.05, 0.1) is 12.2 Å². The van der Waals surface area contributed by atoms with Gasteiger partial charge < -0.3 is 20.7 Å². The van der Waals surface area contributed by atoms with Crippen molar-refractivity contribution < 1.29 is 14.3 Å². The molecule has 6 heteroatoms. The summed E-state index contributed by atoms with van der Waals surface area (Å²) in [4.78, 5) is 26.6. The largest absolute Gasteiger partial charge is 0.492 e. The zero-order valence-electron chi connectivity index (χ0n) is 12.7. The van der Waals surface area contributed by atoms with E-state index in [4.69, 9.17) is 10.5 Å². The molecule has 2 aliphatic rings. The smallest absolute Gasteiger partial charge is 0.258 e. The SMILES string of the molecule is CCNC(=O)[C@@H]1C[C@H](N)CN1C(=O)c1cccc2c1OCC2. The third kappa shape index (κ3) is 2.54. The minimum Gasteiger partial charge on any atom is -0.492 e. The number of nitrogens with two attached hydrogens (primary N) is 1. The molecule has 2 heterocycles. The molecule has 0 unspecified atom stereocenters. The van der Waals surface area contributed by atoms with Crippen molar-refractivity contribution in [1.29, 1.82) is 0 Å². The molecule has 0 bridgehead atoms. The fraction of sp³-hybridized carbons (Fsp3) is 0.500. The van der Waals surface area contributed by atoms with Gasteiger partial charge in [-0.1, -0.05) is 12.1 Å². The molecule has 1 saturated heterocycles. The number of amides is 2. The van der Waals surface area contributed by atoms with E-state index in [9.17, 15) is 9.59 Å². The van der Waals surface area contributed by atoms with Gasteiger partial charge >= 0.3 is 0 Å². The lowest BCUT2D eigenvalue weighted by Gasteiger charge is -2.24. The number of rotatable bonds is 3. The standard InChI is InChI=1S/C16H21N3O3/c1-2-18-15(20)13-8-11(17)9-19(13)16(21)12-5-3-4-10-6-7-22-14(10)12/h3-5,11,13H,2,6-9,17H2,1H3,(H,18,20)/t11-,13-/m0/s1. The first-order valence-corrected chi connectivity index (χ1v) is 7.70. The molecular formula is C16H21N3O3. The number of hydrogen-bond acceptors (Lipinski definition) is 4. The maximum atomic E-state index is 12.9. The average Bonchev–Trinajstić information content (AvgIpc) is 3.12. The number of para-hydroxylation sites is 1. The predicted molar refractivity (Wildman–Crippen MR) is 81.7 cm³/mol. The summed E-state index contributed by atoms with van der Waals surface area (Å²) < 4.78 is 5.60. The molecular weight excluding hydrogens is 282 g/mol. The van der Waals surface area contributed by atoms with Gasteiger partial charge in [0, 0.05) is 25.6 Å². The number of carbonyl (C=O) groups excluding carboxylic acids is 2. The van der Waals surface area contributed by atoms with E-state index in [1.165, 1.54) is 0 Å². The molecule has 1 aromatic carbocycles. The normalized spacial score (nSPS) is 23.1. The van der Waals surface area contributed by atoms with Crippen LogP contribution in [0.4, 0.5) is 0 Å². The summed E-state index contributed by atoms with van der Waals surface area (Å²) in [5, 5.41) is 2.78. The molecule has 2 aliphatic heterocycles. The molecule has 3 rings (SSSR count). The zero-order chi connectivity index (χ0) is 15.7. The van der Waals surface area contributed by atoms with Gasteiger partial charge in [-0.15, -0.1) is 0 Å². The lowest BCUT2D eigenvalue weighted by molar-refractivity contribution is -0.124. The highest BCUT2D eigenvalue weighted by atomic mass is 16.5. The molecule has 3 N–H and O–H groups in total. The van der Waals surface area contributed by atoms with E-state index in [0.29, 0.717) is 37.4 Å². The van der Waals surface area contributed by atoms with Gasteiger partial charge in [0.25, 0.3) is 5.91 Å². The first-order chi connectivity index (χ1) is 10.6. The number of benzene rings is 1. The number of likely N-dealkylation sites (N-methyl/N-ethyl adjacent to an activating group) is 1. The topological polar surface area (TPSA) is 84.7 Å². The molecule has 2 amide bonds. The summed E-state index contributed by atoms with van der Waals surface area (Å²) in [5.41, 5.74) is 7.54. The van der Waals surface area contributed by atoms with Crippen LogP contribution in [-0.2, 0) is 11.2 Å². The fourth-order valence-electron chi connectivity index (χ4n) is 3.17. The van der Waals surface area contributed by atoms with Crippen LogP contribution in [0.5, 0.6) is 5.75 Å². The Kier molecular flexibility index (Phi) is 4.02. The Morgan fingerprint density at radius 1 is 1.45 bits per heavy atom. The third-order valence-corrected chi connectivity index (χ3v) is 4.19. The fourth-order valence-corrected chi connectivity index (χ4v) is 3.17. The van der Waals surface area contributed by atoms with Crippen LogP contribution in [0.25, 0.3) is 0 Å². The molecule has 1 aromatic rings. The highest BCUT2D eigenvalue weighted by Crippen LogP contribution is 2.31. The zero-order valence-corrected chi connectivity index (χ0v) is 12.7. The van der Waals surface area contributed by atoms with E-state index in [2.05, 4.69) is 5.32 Å². The van der Waals surface area contributed by atoms with Gasteiger partial charge in [-0.3, -0.25) is 9.59 Å². The maximum absolute atomic E-state index is 12.9. The highest BCUT2D eigenvalue weighted by molar-refractivity contribution is 6.00. The summed E-state index contributed by atoms with van der Waals surface area (Å²) in [6, 6.07) is 4.91. The molecule has 0 saturated carbocycles. The molecule has 118 valence electrons. The number of nitrogens with one attached hydrogen (secondary N) is 1. The van der Waals surface area contributed by atoms with E-state index >= 15 is 0 Å². The van der Waals surface area contributed by atoms with Crippen LogP contribution in [0.3, 0.4) is 0 Å². The molecule has 0 spiro atoms. The molecule has 0 aromatic heterocycles.